The van der Waals surface area contributed by atoms with E-state index < -0.39 is 0 Å². The van der Waals surface area contributed by atoms with Crippen molar-refractivity contribution in [3.05, 3.63) is 87.4 Å². The van der Waals surface area contributed by atoms with Gasteiger partial charge in [0.15, 0.2) is 0 Å². The highest BCUT2D eigenvalue weighted by Gasteiger charge is 2.28. The number of aromatic hydroxyl groups is 1. The van der Waals surface area contributed by atoms with Crippen LogP contribution < -0.4 is 10.6 Å². The largest absolute Gasteiger partial charge is 0.507 e. The summed E-state index contributed by atoms with van der Waals surface area (Å²) in [6.45, 7) is 2.41. The average Bonchev–Trinajstić information content (AvgIpc) is 3.56. The molecule has 2 aromatic heterocycles. The first-order valence-corrected chi connectivity index (χ1v) is 12.4. The Morgan fingerprint density at radius 1 is 1.09 bits per heavy atom. The van der Waals surface area contributed by atoms with Gasteiger partial charge < -0.3 is 15.7 Å². The van der Waals surface area contributed by atoms with E-state index in [1.54, 1.807) is 18.2 Å². The maximum atomic E-state index is 13.1. The third-order valence-corrected chi connectivity index (χ3v) is 7.38. The molecule has 1 aliphatic carbocycles. The first kappa shape index (κ1) is 22.9. The van der Waals surface area contributed by atoms with Crippen molar-refractivity contribution in [2.45, 2.75) is 32.6 Å². The zero-order chi connectivity index (χ0) is 24.4. The third kappa shape index (κ3) is 4.83. The average molecular weight is 487 g/mol. The zero-order valence-corrected chi connectivity index (χ0v) is 20.2. The third-order valence-electron chi connectivity index (χ3n) is 6.17. The molecule has 0 saturated heterocycles. The fourth-order valence-corrected chi connectivity index (χ4v) is 5.67. The Kier molecular flexibility index (Phi) is 6.37. The van der Waals surface area contributed by atoms with Crippen LogP contribution in [0.15, 0.2) is 54.6 Å². The lowest BCUT2D eigenvalue weighted by Crippen LogP contribution is -2.27. The predicted molar refractivity (Wildman–Crippen MR) is 137 cm³/mol. The van der Waals surface area contributed by atoms with Gasteiger partial charge in [-0.25, -0.2) is 0 Å². The Labute approximate surface area is 207 Å². The van der Waals surface area contributed by atoms with Crippen LogP contribution >= 0.6 is 11.3 Å². The molecule has 8 heteroatoms. The Balaban J connectivity index is 1.32. The van der Waals surface area contributed by atoms with Crippen LogP contribution in [0, 0.1) is 6.92 Å². The number of hydrogen-bond donors (Lipinski definition) is 4. The van der Waals surface area contributed by atoms with Crippen LogP contribution in [0.25, 0.3) is 11.3 Å². The van der Waals surface area contributed by atoms with Crippen molar-refractivity contribution in [1.29, 1.82) is 0 Å². The Hall–Kier alpha value is -3.91. The molecule has 0 radical (unpaired) electrons. The van der Waals surface area contributed by atoms with E-state index in [1.807, 2.05) is 43.3 Å². The van der Waals surface area contributed by atoms with Crippen LogP contribution in [0.1, 0.15) is 48.8 Å². The van der Waals surface area contributed by atoms with Gasteiger partial charge in [0.25, 0.3) is 11.8 Å². The van der Waals surface area contributed by atoms with E-state index in [-0.39, 0.29) is 23.3 Å². The second-order valence-corrected chi connectivity index (χ2v) is 9.80. The van der Waals surface area contributed by atoms with Crippen molar-refractivity contribution < 1.29 is 14.7 Å². The van der Waals surface area contributed by atoms with E-state index in [0.717, 1.165) is 47.3 Å². The number of nitrogens with one attached hydrogen (secondary N) is 3. The number of aromatic amines is 1. The fraction of sp³-hybridized carbons (Fsp3) is 0.222. The molecule has 0 aliphatic heterocycles. The van der Waals surface area contributed by atoms with E-state index in [1.165, 1.54) is 11.3 Å². The van der Waals surface area contributed by atoms with Gasteiger partial charge in [0.05, 0.1) is 11.3 Å². The van der Waals surface area contributed by atoms with E-state index in [4.69, 9.17) is 0 Å². The highest BCUT2D eigenvalue weighted by molar-refractivity contribution is 7.17. The van der Waals surface area contributed by atoms with E-state index in [9.17, 15) is 14.7 Å². The standard InChI is InChI=1S/C27H26N4O3S/c1-16-10-11-18(22(32)14-16)20-15-21(31-30-20)25(33)29-27-24(19-8-5-9-23(19)35-27)26(34)28-13-12-17-6-3-2-4-7-17/h2-4,6-7,10-11,14-15,32H,5,8-9,12-13H2,1H3,(H,28,34)(H,29,33)(H,30,31). The number of aryl methyl sites for hydroxylation is 2. The summed E-state index contributed by atoms with van der Waals surface area (Å²) in [6, 6.07) is 16.9. The maximum Gasteiger partial charge on any atom is 0.274 e. The molecule has 2 heterocycles. The fourth-order valence-electron chi connectivity index (χ4n) is 4.39. The number of anilines is 1. The van der Waals surface area contributed by atoms with Crippen molar-refractivity contribution in [3.63, 3.8) is 0 Å². The summed E-state index contributed by atoms with van der Waals surface area (Å²) < 4.78 is 0. The second kappa shape index (κ2) is 9.76. The topological polar surface area (TPSA) is 107 Å². The molecule has 5 rings (SSSR count). The molecule has 0 atom stereocenters. The predicted octanol–water partition coefficient (Wildman–Crippen LogP) is 4.87. The molecule has 7 nitrogen and oxygen atoms in total. The number of H-pyrrole nitrogens is 1. The molecule has 2 amide bonds. The maximum absolute atomic E-state index is 13.1. The van der Waals surface area contributed by atoms with Crippen LogP contribution in [0.4, 0.5) is 5.00 Å². The van der Waals surface area contributed by atoms with Crippen LogP contribution in [0.3, 0.4) is 0 Å². The quantitative estimate of drug-likeness (QED) is 0.299. The first-order valence-electron chi connectivity index (χ1n) is 11.6. The number of hydrogen-bond acceptors (Lipinski definition) is 5. The first-order chi connectivity index (χ1) is 17.0. The SMILES string of the molecule is Cc1ccc(-c2cc(C(=O)Nc3sc4c(c3C(=O)NCCc3ccccc3)CCC4)[nH]n2)c(O)c1. The minimum absolute atomic E-state index is 0.104. The summed E-state index contributed by atoms with van der Waals surface area (Å²) in [5.74, 6) is -0.438. The molecular weight excluding hydrogens is 460 g/mol. The Bertz CT molecular complexity index is 1390. The smallest absolute Gasteiger partial charge is 0.274 e. The van der Waals surface area contributed by atoms with Crippen molar-refractivity contribution in [3.8, 4) is 17.0 Å². The molecule has 0 saturated carbocycles. The van der Waals surface area contributed by atoms with Gasteiger partial charge >= 0.3 is 0 Å². The number of fused-ring (bicyclic) bond motifs is 1. The molecule has 4 aromatic rings. The Morgan fingerprint density at radius 2 is 1.91 bits per heavy atom. The van der Waals surface area contributed by atoms with Crippen molar-refractivity contribution >= 4 is 28.2 Å². The van der Waals surface area contributed by atoms with Gasteiger partial charge in [-0.15, -0.1) is 11.3 Å². The lowest BCUT2D eigenvalue weighted by Gasteiger charge is -2.09. The summed E-state index contributed by atoms with van der Waals surface area (Å²) in [6.07, 6.45) is 3.51. The number of amides is 2. The number of rotatable bonds is 7. The molecule has 178 valence electrons. The van der Waals surface area contributed by atoms with Gasteiger partial charge in [-0.3, -0.25) is 14.7 Å². The highest BCUT2D eigenvalue weighted by Crippen LogP contribution is 2.39. The van der Waals surface area contributed by atoms with Gasteiger partial charge in [0.1, 0.15) is 16.4 Å². The van der Waals surface area contributed by atoms with Gasteiger partial charge in [-0.05, 0) is 67.5 Å². The number of benzene rings is 2. The molecular formula is C27H26N4O3S. The molecule has 0 bridgehead atoms. The molecule has 0 spiro atoms. The van der Waals surface area contributed by atoms with E-state index in [0.29, 0.717) is 28.4 Å². The van der Waals surface area contributed by atoms with Crippen LogP contribution in [0.5, 0.6) is 5.75 Å². The summed E-state index contributed by atoms with van der Waals surface area (Å²) in [5.41, 5.74) is 4.97. The number of thiophene rings is 1. The summed E-state index contributed by atoms with van der Waals surface area (Å²) >= 11 is 1.47. The summed E-state index contributed by atoms with van der Waals surface area (Å²) in [7, 11) is 0. The molecule has 4 N–H and O–H groups in total. The van der Waals surface area contributed by atoms with Crippen LogP contribution in [-0.4, -0.2) is 33.7 Å². The number of phenols is 1. The van der Waals surface area contributed by atoms with Gasteiger partial charge in [-0.2, -0.15) is 5.10 Å². The lowest BCUT2D eigenvalue weighted by molar-refractivity contribution is 0.0954. The number of aromatic nitrogens is 2. The summed E-state index contributed by atoms with van der Waals surface area (Å²) in [4.78, 5) is 27.3. The minimum atomic E-state index is -0.381. The Morgan fingerprint density at radius 3 is 2.71 bits per heavy atom. The van der Waals surface area contributed by atoms with E-state index in [2.05, 4.69) is 20.8 Å². The number of phenolic OH excluding ortho intramolecular Hbond substituents is 1. The summed E-state index contributed by atoms with van der Waals surface area (Å²) in [5, 5.41) is 23.7. The van der Waals surface area contributed by atoms with Crippen LogP contribution in [0.2, 0.25) is 0 Å². The number of carbonyl (C=O) groups excluding carboxylic acids is 2. The number of carbonyl (C=O) groups is 2. The monoisotopic (exact) mass is 486 g/mol. The molecule has 2 aromatic carbocycles. The van der Waals surface area contributed by atoms with Gasteiger partial charge in [0, 0.05) is 17.0 Å². The number of nitrogens with zero attached hydrogens (tertiary/aromatic N) is 1. The molecule has 0 fully saturated rings. The minimum Gasteiger partial charge on any atom is -0.507 e. The van der Waals surface area contributed by atoms with Gasteiger partial charge in [0.2, 0.25) is 0 Å². The molecule has 0 unspecified atom stereocenters. The van der Waals surface area contributed by atoms with Crippen molar-refractivity contribution in [2.24, 2.45) is 0 Å². The molecule has 1 aliphatic rings. The lowest BCUT2D eigenvalue weighted by atomic mass is 10.1. The zero-order valence-electron chi connectivity index (χ0n) is 19.4. The second-order valence-electron chi connectivity index (χ2n) is 8.69. The van der Waals surface area contributed by atoms with Crippen molar-refractivity contribution in [1.82, 2.24) is 15.5 Å². The van der Waals surface area contributed by atoms with Gasteiger partial charge in [-0.1, -0.05) is 36.4 Å². The normalized spacial score (nSPS) is 12.4. The van der Waals surface area contributed by atoms with E-state index >= 15 is 0 Å². The highest BCUT2D eigenvalue weighted by atomic mass is 32.1. The van der Waals surface area contributed by atoms with Crippen LogP contribution in [-0.2, 0) is 19.3 Å². The molecule has 35 heavy (non-hydrogen) atoms. The van der Waals surface area contributed by atoms with Crippen molar-refractivity contribution in [2.75, 3.05) is 11.9 Å².